The third kappa shape index (κ3) is 6.50. The first kappa shape index (κ1) is 17.9. The number of benzene rings is 1. The van der Waals surface area contributed by atoms with Crippen LogP contribution in [0.3, 0.4) is 0 Å². The van der Waals surface area contributed by atoms with Crippen LogP contribution in [-0.2, 0) is 9.05 Å². The van der Waals surface area contributed by atoms with E-state index in [0.29, 0.717) is 18.2 Å². The van der Waals surface area contributed by atoms with Crippen molar-refractivity contribution in [2.75, 3.05) is 19.6 Å². The highest BCUT2D eigenvalue weighted by Gasteiger charge is 2.20. The van der Waals surface area contributed by atoms with Crippen LogP contribution in [0.25, 0.3) is 0 Å². The molecule has 2 unspecified atom stereocenters. The number of non-ortho nitro benzene ring substituents is 1. The van der Waals surface area contributed by atoms with Crippen molar-refractivity contribution in [1.29, 1.82) is 0 Å². The van der Waals surface area contributed by atoms with Crippen molar-refractivity contribution in [3.63, 3.8) is 0 Å². The number of hydrogen-bond acceptors (Lipinski definition) is 7. The Balaban J connectivity index is 2.48. The minimum absolute atomic E-state index is 0.0446. The van der Waals surface area contributed by atoms with Crippen molar-refractivity contribution < 1.29 is 23.4 Å². The van der Waals surface area contributed by atoms with E-state index in [0.717, 1.165) is 11.0 Å². The maximum absolute atomic E-state index is 10.5. The molecule has 0 spiro atoms. The SMILES string of the molecule is COP(OCCCl)SP(O)Oc1ccc([N+](=O)[O-])cc1. The van der Waals surface area contributed by atoms with E-state index in [1.54, 1.807) is 0 Å². The minimum atomic E-state index is -1.86. The summed E-state index contributed by atoms with van der Waals surface area (Å²) in [6.45, 7) is 0.314. The summed E-state index contributed by atoms with van der Waals surface area (Å²) in [6, 6.07) is 5.43. The number of hydrogen-bond donors (Lipinski definition) is 1. The van der Waals surface area contributed by atoms with Crippen LogP contribution in [0.5, 0.6) is 5.75 Å². The summed E-state index contributed by atoms with van der Waals surface area (Å²) >= 11 is 6.50. The van der Waals surface area contributed by atoms with E-state index >= 15 is 0 Å². The number of alkyl halides is 1. The van der Waals surface area contributed by atoms with Gasteiger partial charge in [0.1, 0.15) is 5.75 Å². The second-order valence-electron chi connectivity index (χ2n) is 3.09. The quantitative estimate of drug-likeness (QED) is 0.308. The lowest BCUT2D eigenvalue weighted by molar-refractivity contribution is -0.384. The van der Waals surface area contributed by atoms with Gasteiger partial charge in [-0.2, -0.15) is 0 Å². The zero-order chi connectivity index (χ0) is 15.0. The average Bonchev–Trinajstić information content (AvgIpc) is 2.43. The maximum atomic E-state index is 10.5. The molecule has 0 heterocycles. The summed E-state index contributed by atoms with van der Waals surface area (Å²) in [5.41, 5.74) is -0.0446. The Morgan fingerprint density at radius 1 is 1.45 bits per heavy atom. The molecule has 1 aromatic rings. The highest BCUT2D eigenvalue weighted by molar-refractivity contribution is 8.82. The van der Waals surface area contributed by atoms with Gasteiger partial charge in [-0.15, -0.1) is 11.6 Å². The van der Waals surface area contributed by atoms with Gasteiger partial charge < -0.3 is 18.5 Å². The summed E-state index contributed by atoms with van der Waals surface area (Å²) in [5, 5.41) is 10.5. The molecule has 1 aromatic carbocycles. The van der Waals surface area contributed by atoms with Gasteiger partial charge in [-0.3, -0.25) is 10.1 Å². The molecular formula is C9H12ClNO6P2S. The predicted octanol–water partition coefficient (Wildman–Crippen LogP) is 4.05. The highest BCUT2D eigenvalue weighted by Crippen LogP contribution is 2.67. The molecule has 0 aliphatic heterocycles. The van der Waals surface area contributed by atoms with Crippen molar-refractivity contribution in [1.82, 2.24) is 0 Å². The largest absolute Gasteiger partial charge is 0.439 e. The zero-order valence-electron chi connectivity index (χ0n) is 10.3. The van der Waals surface area contributed by atoms with Crippen LogP contribution in [0.15, 0.2) is 24.3 Å². The van der Waals surface area contributed by atoms with E-state index in [1.807, 2.05) is 0 Å². The second kappa shape index (κ2) is 9.68. The maximum Gasteiger partial charge on any atom is 0.304 e. The summed E-state index contributed by atoms with van der Waals surface area (Å²) in [5.74, 6) is 0.662. The molecule has 0 amide bonds. The summed E-state index contributed by atoms with van der Waals surface area (Å²) < 4.78 is 15.6. The Labute approximate surface area is 127 Å². The van der Waals surface area contributed by atoms with Crippen molar-refractivity contribution in [2.45, 2.75) is 0 Å². The fraction of sp³-hybridized carbons (Fsp3) is 0.333. The van der Waals surface area contributed by atoms with Gasteiger partial charge in [0.25, 0.3) is 5.69 Å². The zero-order valence-corrected chi connectivity index (χ0v) is 13.7. The van der Waals surface area contributed by atoms with Gasteiger partial charge in [0, 0.05) is 36.1 Å². The number of nitro benzene ring substituents is 1. The molecule has 1 N–H and O–H groups in total. The molecule has 112 valence electrons. The number of halogens is 1. The molecule has 0 aromatic heterocycles. The van der Waals surface area contributed by atoms with Crippen molar-refractivity contribution in [3.8, 4) is 5.75 Å². The first-order chi connectivity index (χ1) is 9.56. The molecule has 0 radical (unpaired) electrons. The van der Waals surface area contributed by atoms with Crippen LogP contribution in [0.4, 0.5) is 5.69 Å². The van der Waals surface area contributed by atoms with Crippen molar-refractivity contribution >= 4 is 43.4 Å². The van der Waals surface area contributed by atoms with Crippen LogP contribution in [-0.4, -0.2) is 29.4 Å². The normalized spacial score (nSPS) is 13.8. The average molecular weight is 360 g/mol. The lowest BCUT2D eigenvalue weighted by Gasteiger charge is -2.16. The van der Waals surface area contributed by atoms with E-state index in [2.05, 4.69) is 0 Å². The second-order valence-corrected chi connectivity index (χ2v) is 9.15. The fourth-order valence-corrected chi connectivity index (χ4v) is 5.72. The Morgan fingerprint density at radius 2 is 2.10 bits per heavy atom. The van der Waals surface area contributed by atoms with Gasteiger partial charge in [0.15, 0.2) is 0 Å². The monoisotopic (exact) mass is 359 g/mol. The molecule has 0 saturated heterocycles. The van der Waals surface area contributed by atoms with E-state index in [-0.39, 0.29) is 5.69 Å². The van der Waals surface area contributed by atoms with E-state index in [1.165, 1.54) is 31.4 Å². The summed E-state index contributed by atoms with van der Waals surface area (Å²) in [6.07, 6.45) is 0. The van der Waals surface area contributed by atoms with E-state index in [9.17, 15) is 15.0 Å². The van der Waals surface area contributed by atoms with Gasteiger partial charge in [-0.05, 0) is 12.1 Å². The molecule has 0 bridgehead atoms. The third-order valence-corrected chi connectivity index (χ3v) is 7.54. The highest BCUT2D eigenvalue weighted by atomic mass is 35.5. The molecular weight excluding hydrogens is 348 g/mol. The Bertz CT molecular complexity index is 425. The molecule has 0 aliphatic carbocycles. The standard InChI is InChI=1S/C9H12ClNO6P2S/c1-15-19(16-7-6-10)20-18(14)17-9-4-2-8(3-5-9)11(12)13/h2-5,14H,6-7H2,1H3. The molecule has 11 heteroatoms. The molecule has 0 aliphatic rings. The lowest BCUT2D eigenvalue weighted by atomic mass is 10.3. The van der Waals surface area contributed by atoms with Crippen molar-refractivity contribution in [3.05, 3.63) is 34.4 Å². The number of rotatable bonds is 9. The van der Waals surface area contributed by atoms with Crippen LogP contribution < -0.4 is 4.52 Å². The summed E-state index contributed by atoms with van der Waals surface area (Å²) in [7, 11) is -1.74. The van der Waals surface area contributed by atoms with Crippen LogP contribution in [0.2, 0.25) is 0 Å². The predicted molar refractivity (Wildman–Crippen MR) is 81.1 cm³/mol. The van der Waals surface area contributed by atoms with Crippen LogP contribution in [0, 0.1) is 10.1 Å². The molecule has 7 nitrogen and oxygen atoms in total. The number of nitro groups is 1. The Morgan fingerprint density at radius 3 is 2.60 bits per heavy atom. The van der Waals surface area contributed by atoms with Gasteiger partial charge in [-0.1, -0.05) is 0 Å². The topological polar surface area (TPSA) is 91.1 Å². The van der Waals surface area contributed by atoms with Crippen LogP contribution >= 0.6 is 37.8 Å². The molecule has 1 rings (SSSR count). The van der Waals surface area contributed by atoms with Crippen molar-refractivity contribution in [2.24, 2.45) is 0 Å². The lowest BCUT2D eigenvalue weighted by Crippen LogP contribution is -1.91. The first-order valence-electron chi connectivity index (χ1n) is 5.19. The van der Waals surface area contributed by atoms with Gasteiger partial charge in [0.2, 0.25) is 7.58 Å². The van der Waals surface area contributed by atoms with Gasteiger partial charge in [-0.25, -0.2) is 0 Å². The number of nitrogens with zero attached hydrogens (tertiary/aromatic N) is 1. The van der Waals surface area contributed by atoms with Gasteiger partial charge in [0.05, 0.1) is 11.5 Å². The first-order valence-corrected chi connectivity index (χ1v) is 10.1. The smallest absolute Gasteiger partial charge is 0.304 e. The molecule has 2 atom stereocenters. The minimum Gasteiger partial charge on any atom is -0.439 e. The molecule has 0 saturated carbocycles. The molecule has 20 heavy (non-hydrogen) atoms. The third-order valence-electron chi connectivity index (χ3n) is 1.79. The molecule has 0 fully saturated rings. The van der Waals surface area contributed by atoms with E-state index in [4.69, 9.17) is 25.2 Å². The van der Waals surface area contributed by atoms with Crippen LogP contribution in [0.1, 0.15) is 0 Å². The Hall–Kier alpha value is -0.200. The van der Waals surface area contributed by atoms with E-state index < -0.39 is 20.1 Å². The fourth-order valence-electron chi connectivity index (χ4n) is 1.01. The Kier molecular flexibility index (Phi) is 8.64. The van der Waals surface area contributed by atoms with Gasteiger partial charge >= 0.3 is 7.58 Å². The summed E-state index contributed by atoms with van der Waals surface area (Å²) in [4.78, 5) is 19.8.